The first-order valence-electron chi connectivity index (χ1n) is 11.3. The second kappa shape index (κ2) is 10.6. The van der Waals surface area contributed by atoms with Crippen molar-refractivity contribution in [2.75, 3.05) is 12.4 Å². The van der Waals surface area contributed by atoms with Gasteiger partial charge in [-0.1, -0.05) is 30.7 Å². The smallest absolute Gasteiger partial charge is 0.265 e. The zero-order valence-electron chi connectivity index (χ0n) is 18.9. The van der Waals surface area contributed by atoms with Crippen LogP contribution in [0, 0.1) is 0 Å². The summed E-state index contributed by atoms with van der Waals surface area (Å²) in [6.45, 7) is 1.92. The molecule has 0 radical (unpaired) electrons. The van der Waals surface area contributed by atoms with Gasteiger partial charge in [-0.25, -0.2) is 0 Å². The lowest BCUT2D eigenvalue weighted by Gasteiger charge is -2.21. The third kappa shape index (κ3) is 5.79. The highest BCUT2D eigenvalue weighted by atomic mass is 35.5. The van der Waals surface area contributed by atoms with Crippen molar-refractivity contribution in [3.8, 4) is 23.0 Å². The summed E-state index contributed by atoms with van der Waals surface area (Å²) in [7, 11) is 1.60. The Morgan fingerprint density at radius 2 is 1.76 bits per heavy atom. The van der Waals surface area contributed by atoms with Crippen LogP contribution in [0.25, 0.3) is 0 Å². The molecule has 3 aromatic carbocycles. The van der Waals surface area contributed by atoms with Crippen LogP contribution >= 0.6 is 11.6 Å². The van der Waals surface area contributed by atoms with Crippen molar-refractivity contribution < 1.29 is 19.0 Å². The van der Waals surface area contributed by atoms with Gasteiger partial charge in [0.05, 0.1) is 12.8 Å². The fourth-order valence-electron chi connectivity index (χ4n) is 3.96. The second-order valence-electron chi connectivity index (χ2n) is 8.06. The molecule has 0 bridgehead atoms. The molecule has 0 unspecified atom stereocenters. The quantitative estimate of drug-likeness (QED) is 0.396. The van der Waals surface area contributed by atoms with Gasteiger partial charge in [0.2, 0.25) is 0 Å². The Balaban J connectivity index is 1.50. The molecule has 0 aromatic heterocycles. The van der Waals surface area contributed by atoms with Crippen molar-refractivity contribution in [1.82, 2.24) is 0 Å². The number of carbonyl (C=O) groups is 1. The van der Waals surface area contributed by atoms with Crippen LogP contribution in [0.4, 0.5) is 5.69 Å². The number of halogens is 1. The molecule has 172 valence electrons. The van der Waals surface area contributed by atoms with Crippen LogP contribution in [0.1, 0.15) is 37.3 Å². The third-order valence-corrected chi connectivity index (χ3v) is 5.97. The van der Waals surface area contributed by atoms with Crippen molar-refractivity contribution in [1.29, 1.82) is 0 Å². The van der Waals surface area contributed by atoms with Gasteiger partial charge in [-0.05, 0) is 85.7 Å². The van der Waals surface area contributed by atoms with Crippen molar-refractivity contribution in [2.45, 2.75) is 45.1 Å². The van der Waals surface area contributed by atoms with Gasteiger partial charge >= 0.3 is 0 Å². The van der Waals surface area contributed by atoms with Gasteiger partial charge in [0.1, 0.15) is 17.2 Å². The highest BCUT2D eigenvalue weighted by Crippen LogP contribution is 2.34. The Kier molecular flexibility index (Phi) is 7.40. The topological polar surface area (TPSA) is 56.8 Å². The molecule has 0 saturated heterocycles. The summed E-state index contributed by atoms with van der Waals surface area (Å²) in [6.07, 6.45) is 4.47. The van der Waals surface area contributed by atoms with Gasteiger partial charge in [-0.3, -0.25) is 4.79 Å². The van der Waals surface area contributed by atoms with E-state index >= 15 is 0 Å². The lowest BCUT2D eigenvalue weighted by Crippen LogP contribution is -2.32. The number of anilines is 1. The predicted molar refractivity (Wildman–Crippen MR) is 131 cm³/mol. The second-order valence-corrected chi connectivity index (χ2v) is 8.50. The molecule has 0 spiro atoms. The summed E-state index contributed by atoms with van der Waals surface area (Å²) in [5.41, 5.74) is 3.17. The first kappa shape index (κ1) is 23.0. The van der Waals surface area contributed by atoms with Crippen LogP contribution in [-0.4, -0.2) is 19.1 Å². The molecule has 0 fully saturated rings. The summed E-state index contributed by atoms with van der Waals surface area (Å²) in [6, 6.07) is 18.5. The summed E-state index contributed by atoms with van der Waals surface area (Å²) < 4.78 is 17.3. The van der Waals surface area contributed by atoms with E-state index in [0.29, 0.717) is 34.4 Å². The van der Waals surface area contributed by atoms with Crippen molar-refractivity contribution in [2.24, 2.45) is 0 Å². The molecule has 6 heteroatoms. The number of benzene rings is 3. The largest absolute Gasteiger partial charge is 0.497 e. The minimum Gasteiger partial charge on any atom is -0.497 e. The number of carbonyl (C=O) groups excluding carboxylic acids is 1. The van der Waals surface area contributed by atoms with Crippen molar-refractivity contribution >= 4 is 23.2 Å². The average Bonchev–Trinajstić information content (AvgIpc) is 2.84. The fraction of sp³-hybridized carbons (Fsp3) is 0.296. The van der Waals surface area contributed by atoms with Gasteiger partial charge in [0, 0.05) is 11.1 Å². The molecular formula is C27H28ClNO4. The van der Waals surface area contributed by atoms with Crippen LogP contribution in [0.2, 0.25) is 5.02 Å². The first-order valence-corrected chi connectivity index (χ1v) is 11.6. The maximum absolute atomic E-state index is 13.1. The normalized spacial score (nSPS) is 13.5. The van der Waals surface area contributed by atoms with E-state index < -0.39 is 6.10 Å². The molecule has 0 saturated carbocycles. The van der Waals surface area contributed by atoms with E-state index in [1.807, 2.05) is 31.2 Å². The van der Waals surface area contributed by atoms with E-state index in [0.717, 1.165) is 18.6 Å². The molecule has 1 amide bonds. The Morgan fingerprint density at radius 1 is 0.970 bits per heavy atom. The summed E-state index contributed by atoms with van der Waals surface area (Å²) in [5.74, 6) is 2.20. The third-order valence-electron chi connectivity index (χ3n) is 5.73. The first-order chi connectivity index (χ1) is 16.1. The standard InChI is InChI=1S/C27H28ClNO4/c1-3-25(32-23-13-11-18-7-4-5-8-19(18)15-23)27(30)29-24-16-20(28)12-14-26(24)33-22-10-6-9-21(17-22)31-2/h6,9-17,25H,3-5,7-8H2,1-2H3,(H,29,30)/t25-/m1/s1. The number of aryl methyl sites for hydroxylation is 2. The van der Waals surface area contributed by atoms with E-state index in [9.17, 15) is 4.79 Å². The molecule has 1 aliphatic carbocycles. The number of methoxy groups -OCH3 is 1. The SMILES string of the molecule is CC[C@@H](Oc1ccc2c(c1)CCCC2)C(=O)Nc1cc(Cl)ccc1Oc1cccc(OC)c1. The average molecular weight is 466 g/mol. The van der Waals surface area contributed by atoms with Gasteiger partial charge < -0.3 is 19.5 Å². The molecule has 0 aliphatic heterocycles. The van der Waals surface area contributed by atoms with Gasteiger partial charge in [0.15, 0.2) is 11.9 Å². The summed E-state index contributed by atoms with van der Waals surface area (Å²) in [5, 5.41) is 3.42. The number of hydrogen-bond acceptors (Lipinski definition) is 4. The number of fused-ring (bicyclic) bond motifs is 1. The maximum Gasteiger partial charge on any atom is 0.265 e. The summed E-state index contributed by atoms with van der Waals surface area (Å²) >= 11 is 6.20. The number of rotatable bonds is 8. The number of nitrogens with one attached hydrogen (secondary N) is 1. The van der Waals surface area contributed by atoms with E-state index in [1.54, 1.807) is 31.4 Å². The molecule has 33 heavy (non-hydrogen) atoms. The molecular weight excluding hydrogens is 438 g/mol. The highest BCUT2D eigenvalue weighted by Gasteiger charge is 2.21. The molecule has 5 nitrogen and oxygen atoms in total. The number of ether oxygens (including phenoxy) is 3. The fourth-order valence-corrected chi connectivity index (χ4v) is 4.14. The van der Waals surface area contributed by atoms with Crippen LogP contribution in [0.5, 0.6) is 23.0 Å². The highest BCUT2D eigenvalue weighted by molar-refractivity contribution is 6.31. The molecule has 4 rings (SSSR count). The number of hydrogen-bond donors (Lipinski definition) is 1. The molecule has 3 aromatic rings. The minimum absolute atomic E-state index is 0.257. The molecule has 1 atom stereocenters. The van der Waals surface area contributed by atoms with E-state index in [2.05, 4.69) is 17.4 Å². The monoisotopic (exact) mass is 465 g/mol. The zero-order chi connectivity index (χ0) is 23.2. The molecule has 1 N–H and O–H groups in total. The maximum atomic E-state index is 13.1. The molecule has 0 heterocycles. The minimum atomic E-state index is -0.643. The van der Waals surface area contributed by atoms with Gasteiger partial charge in [-0.2, -0.15) is 0 Å². The Hall–Kier alpha value is -3.18. The van der Waals surface area contributed by atoms with Crippen molar-refractivity contribution in [3.63, 3.8) is 0 Å². The van der Waals surface area contributed by atoms with E-state index in [-0.39, 0.29) is 5.91 Å². The predicted octanol–water partition coefficient (Wildman–Crippen LogP) is 6.82. The summed E-state index contributed by atoms with van der Waals surface area (Å²) in [4.78, 5) is 13.1. The van der Waals surface area contributed by atoms with Gasteiger partial charge in [-0.15, -0.1) is 0 Å². The Bertz CT molecular complexity index is 1130. The Labute approximate surface area is 199 Å². The van der Waals surface area contributed by atoms with Crippen LogP contribution in [0.3, 0.4) is 0 Å². The lowest BCUT2D eigenvalue weighted by atomic mass is 9.92. The molecule has 1 aliphatic rings. The van der Waals surface area contributed by atoms with E-state index in [4.69, 9.17) is 25.8 Å². The van der Waals surface area contributed by atoms with Crippen LogP contribution in [-0.2, 0) is 17.6 Å². The lowest BCUT2D eigenvalue weighted by molar-refractivity contribution is -0.122. The van der Waals surface area contributed by atoms with E-state index in [1.165, 1.54) is 24.0 Å². The van der Waals surface area contributed by atoms with Crippen LogP contribution < -0.4 is 19.5 Å². The zero-order valence-corrected chi connectivity index (χ0v) is 19.7. The Morgan fingerprint density at radius 3 is 2.55 bits per heavy atom. The van der Waals surface area contributed by atoms with Crippen molar-refractivity contribution in [3.05, 3.63) is 76.8 Å². The van der Waals surface area contributed by atoms with Crippen LogP contribution in [0.15, 0.2) is 60.7 Å². The number of amides is 1. The van der Waals surface area contributed by atoms with Gasteiger partial charge in [0.25, 0.3) is 5.91 Å².